The van der Waals surface area contributed by atoms with Gasteiger partial charge in [-0.15, -0.1) is 11.3 Å². The van der Waals surface area contributed by atoms with Gasteiger partial charge in [0.1, 0.15) is 5.00 Å². The summed E-state index contributed by atoms with van der Waals surface area (Å²) < 4.78 is 0. The number of amides is 2. The van der Waals surface area contributed by atoms with Gasteiger partial charge in [-0.25, -0.2) is 0 Å². The maximum absolute atomic E-state index is 12.2. The van der Waals surface area contributed by atoms with E-state index < -0.39 is 5.91 Å². The molecule has 2 amide bonds. The van der Waals surface area contributed by atoms with Crippen molar-refractivity contribution in [1.29, 1.82) is 0 Å². The minimum atomic E-state index is -0.469. The Balaban J connectivity index is 1.72. The van der Waals surface area contributed by atoms with Crippen LogP contribution in [0.1, 0.15) is 58.1 Å². The molecule has 25 heavy (non-hydrogen) atoms. The third-order valence-electron chi connectivity index (χ3n) is 4.43. The predicted molar refractivity (Wildman–Crippen MR) is 103 cm³/mol. The van der Waals surface area contributed by atoms with E-state index in [0.717, 1.165) is 35.3 Å². The largest absolute Gasteiger partial charge is 0.365 e. The second-order valence-corrected chi connectivity index (χ2v) is 7.67. The Labute approximate surface area is 151 Å². The minimum absolute atomic E-state index is 0.254. The number of carbonyl (C=O) groups is 2. The van der Waals surface area contributed by atoms with Crippen molar-refractivity contribution in [3.63, 3.8) is 0 Å². The summed E-state index contributed by atoms with van der Waals surface area (Å²) in [4.78, 5) is 25.1. The van der Waals surface area contributed by atoms with Crippen LogP contribution in [0.25, 0.3) is 6.08 Å². The van der Waals surface area contributed by atoms with Crippen molar-refractivity contribution in [2.24, 2.45) is 5.73 Å². The molecule has 0 saturated carbocycles. The van der Waals surface area contributed by atoms with E-state index in [1.165, 1.54) is 23.0 Å². The second kappa shape index (κ2) is 7.23. The standard InChI is InChI=1S/C20H22N2O2S/c1-12(2)14-9-6-13(7-10-14)8-11-17(23)22-20-18(19(21)24)15-4-3-5-16(15)25-20/h6-12H,3-5H2,1-2H3,(H2,21,24)(H,22,23). The molecule has 130 valence electrons. The first-order chi connectivity index (χ1) is 12.0. The normalized spacial score (nSPS) is 13.4. The van der Waals surface area contributed by atoms with Crippen LogP contribution in [0.3, 0.4) is 0 Å². The molecule has 3 rings (SSSR count). The average Bonchev–Trinajstić information content (AvgIpc) is 3.13. The van der Waals surface area contributed by atoms with Crippen molar-refractivity contribution in [1.82, 2.24) is 0 Å². The van der Waals surface area contributed by atoms with Crippen LogP contribution in [0.15, 0.2) is 30.3 Å². The predicted octanol–water partition coefficient (Wildman–Crippen LogP) is 4.11. The third kappa shape index (κ3) is 3.82. The molecule has 1 aliphatic rings. The molecule has 0 aliphatic heterocycles. The molecule has 2 aromatic rings. The second-order valence-electron chi connectivity index (χ2n) is 6.57. The molecule has 0 bridgehead atoms. The number of carbonyl (C=O) groups excluding carboxylic acids is 2. The van der Waals surface area contributed by atoms with E-state index in [1.54, 1.807) is 6.08 Å². The smallest absolute Gasteiger partial charge is 0.251 e. The van der Waals surface area contributed by atoms with E-state index in [4.69, 9.17) is 5.73 Å². The van der Waals surface area contributed by atoms with Gasteiger partial charge in [0.2, 0.25) is 5.91 Å². The van der Waals surface area contributed by atoms with Gasteiger partial charge >= 0.3 is 0 Å². The highest BCUT2D eigenvalue weighted by atomic mass is 32.1. The van der Waals surface area contributed by atoms with Gasteiger partial charge < -0.3 is 11.1 Å². The van der Waals surface area contributed by atoms with Crippen LogP contribution >= 0.6 is 11.3 Å². The summed E-state index contributed by atoms with van der Waals surface area (Å²) >= 11 is 1.47. The Kier molecular flexibility index (Phi) is 5.04. The fourth-order valence-corrected chi connectivity index (χ4v) is 4.37. The van der Waals surface area contributed by atoms with Crippen LogP contribution < -0.4 is 11.1 Å². The zero-order valence-corrected chi connectivity index (χ0v) is 15.3. The lowest BCUT2D eigenvalue weighted by Crippen LogP contribution is -2.16. The molecule has 0 fully saturated rings. The number of fused-ring (bicyclic) bond motifs is 1. The van der Waals surface area contributed by atoms with Crippen LogP contribution in [-0.4, -0.2) is 11.8 Å². The van der Waals surface area contributed by atoms with Crippen LogP contribution in [0.2, 0.25) is 0 Å². The van der Waals surface area contributed by atoms with E-state index in [2.05, 4.69) is 31.3 Å². The van der Waals surface area contributed by atoms with Gasteiger partial charge in [-0.05, 0) is 47.9 Å². The lowest BCUT2D eigenvalue weighted by molar-refractivity contribution is -0.111. The molecule has 4 nitrogen and oxygen atoms in total. The van der Waals surface area contributed by atoms with Crippen LogP contribution in [-0.2, 0) is 17.6 Å². The molecular formula is C20H22N2O2S. The summed E-state index contributed by atoms with van der Waals surface area (Å²) in [5.41, 5.74) is 9.24. The number of anilines is 1. The number of rotatable bonds is 5. The molecule has 0 unspecified atom stereocenters. The van der Waals surface area contributed by atoms with E-state index >= 15 is 0 Å². The van der Waals surface area contributed by atoms with Crippen molar-refractivity contribution >= 4 is 34.2 Å². The number of hydrogen-bond donors (Lipinski definition) is 2. The Morgan fingerprint density at radius 2 is 1.92 bits per heavy atom. The monoisotopic (exact) mass is 354 g/mol. The van der Waals surface area contributed by atoms with Crippen molar-refractivity contribution in [2.45, 2.75) is 39.0 Å². The molecule has 5 heteroatoms. The van der Waals surface area contributed by atoms with Gasteiger partial charge in [0.05, 0.1) is 5.56 Å². The minimum Gasteiger partial charge on any atom is -0.365 e. The highest BCUT2D eigenvalue weighted by Crippen LogP contribution is 2.38. The SMILES string of the molecule is CC(C)c1ccc(C=CC(=O)Nc2sc3c(c2C(N)=O)CCC3)cc1. The topological polar surface area (TPSA) is 72.2 Å². The number of thiophene rings is 1. The van der Waals surface area contributed by atoms with Crippen LogP contribution in [0, 0.1) is 0 Å². The lowest BCUT2D eigenvalue weighted by Gasteiger charge is -2.05. The van der Waals surface area contributed by atoms with E-state index in [0.29, 0.717) is 16.5 Å². The maximum atomic E-state index is 12.2. The Hall–Kier alpha value is -2.40. The third-order valence-corrected chi connectivity index (χ3v) is 5.64. The fraction of sp³-hybridized carbons (Fsp3) is 0.300. The zero-order valence-electron chi connectivity index (χ0n) is 14.5. The fourth-order valence-electron chi connectivity index (χ4n) is 3.07. The van der Waals surface area contributed by atoms with Gasteiger partial charge in [-0.1, -0.05) is 38.1 Å². The molecule has 0 saturated heterocycles. The number of aryl methyl sites for hydroxylation is 1. The highest BCUT2D eigenvalue weighted by Gasteiger charge is 2.25. The van der Waals surface area contributed by atoms with Crippen LogP contribution in [0.4, 0.5) is 5.00 Å². The summed E-state index contributed by atoms with van der Waals surface area (Å²) in [7, 11) is 0. The quantitative estimate of drug-likeness (QED) is 0.793. The Morgan fingerprint density at radius 3 is 2.56 bits per heavy atom. The number of nitrogens with two attached hydrogens (primary N) is 1. The molecule has 0 atom stereocenters. The van der Waals surface area contributed by atoms with Crippen LogP contribution in [0.5, 0.6) is 0 Å². The van der Waals surface area contributed by atoms with Gasteiger partial charge in [0.15, 0.2) is 0 Å². The highest BCUT2D eigenvalue weighted by molar-refractivity contribution is 7.17. The molecular weight excluding hydrogens is 332 g/mol. The van der Waals surface area contributed by atoms with Crippen molar-refractivity contribution in [3.8, 4) is 0 Å². The van der Waals surface area contributed by atoms with Gasteiger partial charge in [0, 0.05) is 11.0 Å². The first-order valence-electron chi connectivity index (χ1n) is 8.49. The maximum Gasteiger partial charge on any atom is 0.251 e. The molecule has 1 aromatic carbocycles. The Morgan fingerprint density at radius 1 is 1.20 bits per heavy atom. The summed E-state index contributed by atoms with van der Waals surface area (Å²) in [6.07, 6.45) is 6.11. The molecule has 1 heterocycles. The zero-order chi connectivity index (χ0) is 18.0. The molecule has 1 aromatic heterocycles. The van der Waals surface area contributed by atoms with E-state index in [1.807, 2.05) is 12.1 Å². The van der Waals surface area contributed by atoms with Crippen molar-refractivity contribution in [3.05, 3.63) is 57.5 Å². The van der Waals surface area contributed by atoms with Crippen molar-refractivity contribution in [2.75, 3.05) is 5.32 Å². The number of hydrogen-bond acceptors (Lipinski definition) is 3. The van der Waals surface area contributed by atoms with Gasteiger partial charge in [-0.2, -0.15) is 0 Å². The number of benzene rings is 1. The Bertz CT molecular complexity index is 832. The summed E-state index contributed by atoms with van der Waals surface area (Å²) in [6.45, 7) is 4.29. The van der Waals surface area contributed by atoms with Gasteiger partial charge in [-0.3, -0.25) is 9.59 Å². The molecule has 3 N–H and O–H groups in total. The molecule has 0 spiro atoms. The molecule has 0 radical (unpaired) electrons. The summed E-state index contributed by atoms with van der Waals surface area (Å²) in [5, 5.41) is 3.38. The number of nitrogens with one attached hydrogen (secondary N) is 1. The first-order valence-corrected chi connectivity index (χ1v) is 9.30. The van der Waals surface area contributed by atoms with E-state index in [-0.39, 0.29) is 5.91 Å². The average molecular weight is 354 g/mol. The van der Waals surface area contributed by atoms with Gasteiger partial charge in [0.25, 0.3) is 5.91 Å². The van der Waals surface area contributed by atoms with E-state index in [9.17, 15) is 9.59 Å². The number of primary amides is 1. The molecule has 1 aliphatic carbocycles. The first kappa shape index (κ1) is 17.4. The lowest BCUT2D eigenvalue weighted by atomic mass is 10.0. The summed E-state index contributed by atoms with van der Waals surface area (Å²) in [5.74, 6) is -0.243. The van der Waals surface area contributed by atoms with Crippen molar-refractivity contribution < 1.29 is 9.59 Å². The summed E-state index contributed by atoms with van der Waals surface area (Å²) in [6, 6.07) is 8.12.